The molecule has 1 fully saturated rings. The lowest BCUT2D eigenvalue weighted by Crippen LogP contribution is -2.46. The Morgan fingerprint density at radius 1 is 1.11 bits per heavy atom. The SMILES string of the molecule is COc1ccc(C2=NN(CC3CCCCC3)C(=O)C(C(F)(F)F)C2)cc1OC. The van der Waals surface area contributed by atoms with Crippen molar-refractivity contribution in [2.24, 2.45) is 16.9 Å². The van der Waals surface area contributed by atoms with E-state index in [1.54, 1.807) is 18.2 Å². The molecule has 1 aliphatic heterocycles. The van der Waals surface area contributed by atoms with Gasteiger partial charge in [-0.2, -0.15) is 18.3 Å². The van der Waals surface area contributed by atoms with Gasteiger partial charge < -0.3 is 9.47 Å². The highest BCUT2D eigenvalue weighted by Crippen LogP contribution is 2.37. The van der Waals surface area contributed by atoms with Crippen molar-refractivity contribution in [2.45, 2.75) is 44.7 Å². The van der Waals surface area contributed by atoms with Gasteiger partial charge in [0.25, 0.3) is 5.91 Å². The summed E-state index contributed by atoms with van der Waals surface area (Å²) >= 11 is 0. The van der Waals surface area contributed by atoms with Crippen LogP contribution in [-0.2, 0) is 4.79 Å². The summed E-state index contributed by atoms with van der Waals surface area (Å²) in [5.41, 5.74) is 0.728. The minimum absolute atomic E-state index is 0.195. The number of hydrogen-bond donors (Lipinski definition) is 0. The summed E-state index contributed by atoms with van der Waals surface area (Å²) < 4.78 is 51.1. The number of nitrogens with zero attached hydrogens (tertiary/aromatic N) is 2. The van der Waals surface area contributed by atoms with Crippen LogP contribution in [0.5, 0.6) is 11.5 Å². The Morgan fingerprint density at radius 2 is 1.79 bits per heavy atom. The summed E-state index contributed by atoms with van der Waals surface area (Å²) in [4.78, 5) is 12.5. The van der Waals surface area contributed by atoms with Gasteiger partial charge >= 0.3 is 6.18 Å². The van der Waals surface area contributed by atoms with Crippen molar-refractivity contribution in [1.82, 2.24) is 5.01 Å². The highest BCUT2D eigenvalue weighted by Gasteiger charge is 2.49. The van der Waals surface area contributed by atoms with Crippen molar-refractivity contribution < 1.29 is 27.4 Å². The summed E-state index contributed by atoms with van der Waals surface area (Å²) in [5.74, 6) is -1.95. The van der Waals surface area contributed by atoms with Crippen LogP contribution in [-0.4, -0.2) is 43.6 Å². The summed E-state index contributed by atoms with van der Waals surface area (Å²) in [7, 11) is 2.95. The number of ether oxygens (including phenoxy) is 2. The highest BCUT2D eigenvalue weighted by molar-refractivity contribution is 6.05. The number of carbonyl (C=O) groups excluding carboxylic acids is 1. The Morgan fingerprint density at radius 3 is 2.39 bits per heavy atom. The lowest BCUT2D eigenvalue weighted by Gasteiger charge is -2.33. The molecule has 1 atom stereocenters. The van der Waals surface area contributed by atoms with Crippen LogP contribution < -0.4 is 9.47 Å². The second kappa shape index (κ2) is 8.41. The van der Waals surface area contributed by atoms with Gasteiger partial charge in [0.05, 0.1) is 19.9 Å². The molecule has 0 radical (unpaired) electrons. The standard InChI is InChI=1S/C20H25F3N2O3/c1-27-17-9-8-14(10-18(17)28-2)16-11-15(20(21,22)23)19(26)25(24-16)12-13-6-4-3-5-7-13/h8-10,13,15H,3-7,11-12H2,1-2H3. The zero-order valence-electron chi connectivity index (χ0n) is 16.1. The first kappa shape index (κ1) is 20.5. The first-order valence-corrected chi connectivity index (χ1v) is 9.51. The molecule has 5 nitrogen and oxygen atoms in total. The second-order valence-corrected chi connectivity index (χ2v) is 7.34. The molecule has 1 aromatic rings. The van der Waals surface area contributed by atoms with Crippen LogP contribution in [0.15, 0.2) is 23.3 Å². The van der Waals surface area contributed by atoms with Gasteiger partial charge in [0.2, 0.25) is 0 Å². The topological polar surface area (TPSA) is 51.1 Å². The Labute approximate surface area is 162 Å². The van der Waals surface area contributed by atoms with Crippen LogP contribution in [0.4, 0.5) is 13.2 Å². The van der Waals surface area contributed by atoms with Crippen molar-refractivity contribution in [3.63, 3.8) is 0 Å². The average Bonchev–Trinajstić information content (AvgIpc) is 2.68. The number of methoxy groups -OCH3 is 2. The maximum atomic E-state index is 13.5. The number of benzene rings is 1. The van der Waals surface area contributed by atoms with E-state index in [1.807, 2.05) is 0 Å². The normalized spacial score (nSPS) is 21.5. The Bertz CT molecular complexity index is 743. The molecule has 1 saturated carbocycles. The predicted octanol–water partition coefficient (Wildman–Crippen LogP) is 4.40. The lowest BCUT2D eigenvalue weighted by molar-refractivity contribution is -0.189. The molecule has 1 aromatic carbocycles. The molecule has 1 heterocycles. The lowest BCUT2D eigenvalue weighted by atomic mass is 9.88. The third-order valence-corrected chi connectivity index (χ3v) is 5.46. The van der Waals surface area contributed by atoms with E-state index in [4.69, 9.17) is 9.47 Å². The number of rotatable bonds is 5. The van der Waals surface area contributed by atoms with Crippen LogP contribution in [0.3, 0.4) is 0 Å². The van der Waals surface area contributed by atoms with Gasteiger partial charge in [-0.1, -0.05) is 19.3 Å². The highest BCUT2D eigenvalue weighted by atomic mass is 19.4. The van der Waals surface area contributed by atoms with Crippen LogP contribution >= 0.6 is 0 Å². The molecule has 1 amide bonds. The molecule has 0 aromatic heterocycles. The van der Waals surface area contributed by atoms with Crippen molar-refractivity contribution in [3.05, 3.63) is 23.8 Å². The number of carbonyl (C=O) groups is 1. The molecule has 8 heteroatoms. The Kier molecular flexibility index (Phi) is 6.15. The third-order valence-electron chi connectivity index (χ3n) is 5.46. The van der Waals surface area contributed by atoms with E-state index in [0.29, 0.717) is 17.1 Å². The van der Waals surface area contributed by atoms with Crippen LogP contribution in [0, 0.1) is 11.8 Å². The van der Waals surface area contributed by atoms with Gasteiger partial charge in [-0.05, 0) is 37.0 Å². The first-order chi connectivity index (χ1) is 13.3. The van der Waals surface area contributed by atoms with Gasteiger partial charge in [-0.25, -0.2) is 5.01 Å². The molecule has 154 valence electrons. The number of hydrogen-bond acceptors (Lipinski definition) is 4. The molecule has 0 N–H and O–H groups in total. The first-order valence-electron chi connectivity index (χ1n) is 9.51. The fourth-order valence-corrected chi connectivity index (χ4v) is 3.89. The Hall–Kier alpha value is -2.25. The maximum Gasteiger partial charge on any atom is 0.400 e. The molecular formula is C20H25F3N2O3. The number of amides is 1. The van der Waals surface area contributed by atoms with E-state index < -0.39 is 24.4 Å². The van der Waals surface area contributed by atoms with E-state index in [0.717, 1.165) is 37.1 Å². The average molecular weight is 398 g/mol. The van der Waals surface area contributed by atoms with Crippen molar-refractivity contribution in [1.29, 1.82) is 0 Å². The molecule has 1 aliphatic carbocycles. The molecule has 2 aliphatic rings. The zero-order chi connectivity index (χ0) is 20.3. The second-order valence-electron chi connectivity index (χ2n) is 7.34. The van der Waals surface area contributed by atoms with Crippen molar-refractivity contribution in [2.75, 3.05) is 20.8 Å². The minimum Gasteiger partial charge on any atom is -0.493 e. The number of alkyl halides is 3. The summed E-state index contributed by atoms with van der Waals surface area (Å²) in [5, 5.41) is 5.37. The van der Waals surface area contributed by atoms with E-state index in [-0.39, 0.29) is 18.2 Å². The quantitative estimate of drug-likeness (QED) is 0.739. The van der Waals surface area contributed by atoms with Crippen molar-refractivity contribution in [3.8, 4) is 11.5 Å². The van der Waals surface area contributed by atoms with E-state index >= 15 is 0 Å². The zero-order valence-corrected chi connectivity index (χ0v) is 16.1. The summed E-state index contributed by atoms with van der Waals surface area (Å²) in [6.45, 7) is 0.238. The minimum atomic E-state index is -4.61. The van der Waals surface area contributed by atoms with Crippen LogP contribution in [0.2, 0.25) is 0 Å². The van der Waals surface area contributed by atoms with Gasteiger partial charge in [-0.3, -0.25) is 4.79 Å². The molecule has 1 unspecified atom stereocenters. The van der Waals surface area contributed by atoms with Crippen LogP contribution in [0.25, 0.3) is 0 Å². The molecule has 0 bridgehead atoms. The summed E-state index contributed by atoms with van der Waals surface area (Å²) in [6, 6.07) is 4.86. The fourth-order valence-electron chi connectivity index (χ4n) is 3.89. The predicted molar refractivity (Wildman–Crippen MR) is 98.5 cm³/mol. The van der Waals surface area contributed by atoms with Crippen molar-refractivity contribution >= 4 is 11.6 Å². The largest absolute Gasteiger partial charge is 0.493 e. The van der Waals surface area contributed by atoms with E-state index in [1.165, 1.54) is 14.2 Å². The number of halogens is 3. The third kappa shape index (κ3) is 4.42. The molecular weight excluding hydrogens is 373 g/mol. The van der Waals surface area contributed by atoms with Crippen LogP contribution in [0.1, 0.15) is 44.1 Å². The molecule has 28 heavy (non-hydrogen) atoms. The van der Waals surface area contributed by atoms with E-state index in [9.17, 15) is 18.0 Å². The summed E-state index contributed by atoms with van der Waals surface area (Å²) in [6.07, 6.45) is -0.0267. The monoisotopic (exact) mass is 398 g/mol. The van der Waals surface area contributed by atoms with Gasteiger partial charge in [-0.15, -0.1) is 0 Å². The molecule has 0 spiro atoms. The maximum absolute atomic E-state index is 13.5. The van der Waals surface area contributed by atoms with Gasteiger partial charge in [0.1, 0.15) is 5.92 Å². The Balaban J connectivity index is 1.93. The van der Waals surface area contributed by atoms with Gasteiger partial charge in [0, 0.05) is 18.5 Å². The molecule has 0 saturated heterocycles. The molecule has 3 rings (SSSR count). The fraction of sp³-hybridized carbons (Fsp3) is 0.600. The van der Waals surface area contributed by atoms with E-state index in [2.05, 4.69) is 5.10 Å². The number of hydrazone groups is 1. The van der Waals surface area contributed by atoms with Gasteiger partial charge in [0.15, 0.2) is 11.5 Å². The smallest absolute Gasteiger partial charge is 0.400 e.